The van der Waals surface area contributed by atoms with Gasteiger partial charge >= 0.3 is 5.97 Å². The number of hydrogen-bond acceptors (Lipinski definition) is 7. The summed E-state index contributed by atoms with van der Waals surface area (Å²) in [7, 11) is -4.40. The highest BCUT2D eigenvalue weighted by Crippen LogP contribution is 2.34. The third-order valence-corrected chi connectivity index (χ3v) is 7.77. The average molecular weight is 537 g/mol. The second kappa shape index (κ2) is 9.82. The van der Waals surface area contributed by atoms with Gasteiger partial charge in [0.05, 0.1) is 29.9 Å². The van der Waals surface area contributed by atoms with Crippen LogP contribution in [0, 0.1) is 0 Å². The maximum Gasteiger partial charge on any atom is 0.308 e. The van der Waals surface area contributed by atoms with E-state index in [4.69, 9.17) is 32.4 Å². The van der Waals surface area contributed by atoms with Gasteiger partial charge in [0.15, 0.2) is 0 Å². The van der Waals surface area contributed by atoms with Crippen molar-refractivity contribution in [2.45, 2.75) is 30.8 Å². The van der Waals surface area contributed by atoms with E-state index in [1.807, 2.05) is 0 Å². The van der Waals surface area contributed by atoms with Gasteiger partial charge in [-0.1, -0.05) is 23.2 Å². The Kier molecular flexibility index (Phi) is 7.00. The lowest BCUT2D eigenvalue weighted by Crippen LogP contribution is -2.45. The Morgan fingerprint density at radius 1 is 1.14 bits per heavy atom. The first-order valence-corrected chi connectivity index (χ1v) is 12.4. The predicted molar refractivity (Wildman–Crippen MR) is 127 cm³/mol. The van der Waals surface area contributed by atoms with Crippen molar-refractivity contribution < 1.29 is 32.0 Å². The molecule has 1 aliphatic rings. The van der Waals surface area contributed by atoms with Crippen LogP contribution in [-0.2, 0) is 31.0 Å². The second-order valence-electron chi connectivity index (χ2n) is 7.58. The number of esters is 1. The Bertz CT molecular complexity index is 1390. The highest BCUT2D eigenvalue weighted by Gasteiger charge is 2.47. The fourth-order valence-electron chi connectivity index (χ4n) is 3.66. The molecule has 1 aromatic heterocycles. The number of halogens is 2. The van der Waals surface area contributed by atoms with Crippen molar-refractivity contribution in [3.8, 4) is 5.75 Å². The molecule has 2 heterocycles. The number of sulfonamides is 1. The topological polar surface area (TPSA) is 114 Å². The molecule has 1 atom stereocenters. The van der Waals surface area contributed by atoms with E-state index in [1.165, 1.54) is 55.7 Å². The van der Waals surface area contributed by atoms with E-state index in [9.17, 15) is 22.8 Å². The molecule has 1 unspecified atom stereocenters. The summed E-state index contributed by atoms with van der Waals surface area (Å²) in [5.74, 6) is -1.38. The summed E-state index contributed by atoms with van der Waals surface area (Å²) in [4.78, 5) is 38.0. The predicted octanol–water partition coefficient (Wildman–Crippen LogP) is 4.03. The van der Waals surface area contributed by atoms with Gasteiger partial charge in [-0.2, -0.15) is 4.31 Å². The van der Waals surface area contributed by atoms with Crippen LogP contribution in [0.2, 0.25) is 10.0 Å². The standard InChI is InChI=1S/C23H18Cl2N2O7S/c1-14(28)34-17-7-5-16(6-8-17)27-22(29)12-20(23(27)30)26(13-18-3-2-10-33-18)35(31,32)21-11-15(24)4-9-19(21)25/h2-11,20H,12-13H2,1H3. The highest BCUT2D eigenvalue weighted by molar-refractivity contribution is 7.89. The van der Waals surface area contributed by atoms with Crippen LogP contribution in [0.15, 0.2) is 70.2 Å². The first-order chi connectivity index (χ1) is 16.6. The number of nitrogens with zero attached hydrogens (tertiary/aromatic N) is 2. The molecule has 1 aliphatic heterocycles. The monoisotopic (exact) mass is 536 g/mol. The fraction of sp³-hybridized carbons (Fsp3) is 0.174. The molecule has 182 valence electrons. The summed E-state index contributed by atoms with van der Waals surface area (Å²) in [6.07, 6.45) is 0.966. The zero-order valence-electron chi connectivity index (χ0n) is 18.2. The van der Waals surface area contributed by atoms with Crippen LogP contribution in [0.5, 0.6) is 5.75 Å². The Balaban J connectivity index is 1.71. The minimum atomic E-state index is -4.40. The van der Waals surface area contributed by atoms with Crippen LogP contribution in [0.1, 0.15) is 19.1 Å². The van der Waals surface area contributed by atoms with Gasteiger partial charge in [0.25, 0.3) is 5.91 Å². The molecular formula is C23H18Cl2N2O7S. The van der Waals surface area contributed by atoms with Crippen LogP contribution < -0.4 is 9.64 Å². The van der Waals surface area contributed by atoms with Gasteiger partial charge in [0.2, 0.25) is 15.9 Å². The van der Waals surface area contributed by atoms with Gasteiger partial charge in [0, 0.05) is 11.9 Å². The first-order valence-electron chi connectivity index (χ1n) is 10.2. The van der Waals surface area contributed by atoms with Gasteiger partial charge in [-0.25, -0.2) is 13.3 Å². The average Bonchev–Trinajstić information content (AvgIpc) is 3.41. The number of hydrogen-bond donors (Lipinski definition) is 0. The molecule has 0 N–H and O–H groups in total. The van der Waals surface area contributed by atoms with Crippen molar-refractivity contribution in [1.29, 1.82) is 0 Å². The third kappa shape index (κ3) is 5.10. The number of benzene rings is 2. The van der Waals surface area contributed by atoms with Crippen molar-refractivity contribution in [2.24, 2.45) is 0 Å². The molecule has 2 aromatic carbocycles. The smallest absolute Gasteiger partial charge is 0.308 e. The maximum absolute atomic E-state index is 13.7. The molecule has 1 fully saturated rings. The van der Waals surface area contributed by atoms with Gasteiger partial charge in [0.1, 0.15) is 22.4 Å². The first kappa shape index (κ1) is 24.9. The second-order valence-corrected chi connectivity index (χ2v) is 10.3. The number of carbonyl (C=O) groups excluding carboxylic acids is 3. The van der Waals surface area contributed by atoms with Crippen LogP contribution in [0.25, 0.3) is 0 Å². The van der Waals surface area contributed by atoms with Crippen LogP contribution in [0.4, 0.5) is 5.69 Å². The normalized spacial score (nSPS) is 16.2. The summed E-state index contributed by atoms with van der Waals surface area (Å²) in [5, 5.41) is 0.0442. The summed E-state index contributed by atoms with van der Waals surface area (Å²) in [5.41, 5.74) is 0.203. The largest absolute Gasteiger partial charge is 0.468 e. The van der Waals surface area contributed by atoms with Crippen LogP contribution in [0.3, 0.4) is 0 Å². The number of imide groups is 1. The lowest BCUT2D eigenvalue weighted by Gasteiger charge is -2.26. The Labute approximate surface area is 210 Å². The summed E-state index contributed by atoms with van der Waals surface area (Å²) < 4.78 is 38.5. The number of ether oxygens (including phenoxy) is 1. The summed E-state index contributed by atoms with van der Waals surface area (Å²) in [6.45, 7) is 0.924. The number of furan rings is 1. The lowest BCUT2D eigenvalue weighted by molar-refractivity contribution is -0.132. The Hall–Kier alpha value is -3.18. The molecule has 0 spiro atoms. The molecule has 1 saturated heterocycles. The van der Waals surface area contributed by atoms with E-state index in [0.717, 1.165) is 9.21 Å². The minimum Gasteiger partial charge on any atom is -0.468 e. The Morgan fingerprint density at radius 2 is 1.86 bits per heavy atom. The van der Waals surface area contributed by atoms with E-state index < -0.39 is 40.3 Å². The van der Waals surface area contributed by atoms with E-state index >= 15 is 0 Å². The number of carbonyl (C=O) groups is 3. The molecule has 3 aromatic rings. The molecule has 0 radical (unpaired) electrons. The number of amides is 2. The van der Waals surface area contributed by atoms with Crippen molar-refractivity contribution in [3.05, 3.63) is 76.7 Å². The molecule has 35 heavy (non-hydrogen) atoms. The lowest BCUT2D eigenvalue weighted by atomic mass is 10.2. The molecule has 0 bridgehead atoms. The zero-order chi connectivity index (χ0) is 25.3. The SMILES string of the molecule is CC(=O)Oc1ccc(N2C(=O)CC(N(Cc3ccco3)S(=O)(=O)c3cc(Cl)ccc3Cl)C2=O)cc1. The molecule has 9 nitrogen and oxygen atoms in total. The van der Waals surface area contributed by atoms with E-state index in [1.54, 1.807) is 12.1 Å². The van der Waals surface area contributed by atoms with E-state index in [0.29, 0.717) is 0 Å². The molecular weight excluding hydrogens is 519 g/mol. The van der Waals surface area contributed by atoms with Crippen molar-refractivity contribution in [3.63, 3.8) is 0 Å². The van der Waals surface area contributed by atoms with Gasteiger partial charge in [-0.15, -0.1) is 0 Å². The highest BCUT2D eigenvalue weighted by atomic mass is 35.5. The number of anilines is 1. The van der Waals surface area contributed by atoms with E-state index in [2.05, 4.69) is 0 Å². The maximum atomic E-state index is 13.7. The van der Waals surface area contributed by atoms with Crippen molar-refractivity contribution in [1.82, 2.24) is 4.31 Å². The van der Waals surface area contributed by atoms with Gasteiger partial charge in [-0.05, 0) is 54.6 Å². The minimum absolute atomic E-state index is 0.0893. The molecule has 0 saturated carbocycles. The van der Waals surface area contributed by atoms with Crippen LogP contribution >= 0.6 is 23.2 Å². The van der Waals surface area contributed by atoms with Crippen LogP contribution in [-0.4, -0.2) is 36.5 Å². The van der Waals surface area contributed by atoms with Crippen molar-refractivity contribution >= 4 is 56.7 Å². The van der Waals surface area contributed by atoms with Gasteiger partial charge < -0.3 is 9.15 Å². The quantitative estimate of drug-likeness (QED) is 0.254. The summed E-state index contributed by atoms with van der Waals surface area (Å²) in [6, 6.07) is 11.4. The molecule has 12 heteroatoms. The summed E-state index contributed by atoms with van der Waals surface area (Å²) >= 11 is 12.2. The Morgan fingerprint density at radius 3 is 2.49 bits per heavy atom. The third-order valence-electron chi connectivity index (χ3n) is 5.20. The zero-order valence-corrected chi connectivity index (χ0v) is 20.5. The fourth-order valence-corrected chi connectivity index (χ4v) is 5.95. The number of rotatable bonds is 7. The van der Waals surface area contributed by atoms with Gasteiger partial charge in [-0.3, -0.25) is 14.4 Å². The van der Waals surface area contributed by atoms with E-state index in [-0.39, 0.29) is 38.7 Å². The molecule has 2 amide bonds. The van der Waals surface area contributed by atoms with Crippen molar-refractivity contribution in [2.75, 3.05) is 4.90 Å². The molecule has 0 aliphatic carbocycles. The molecule has 4 rings (SSSR count).